The summed E-state index contributed by atoms with van der Waals surface area (Å²) in [5, 5.41) is 2.94. The van der Waals surface area contributed by atoms with E-state index in [0.717, 1.165) is 30.2 Å². The maximum Gasteiger partial charge on any atom is 0.255 e. The van der Waals surface area contributed by atoms with Crippen molar-refractivity contribution in [2.45, 2.75) is 26.2 Å². The van der Waals surface area contributed by atoms with E-state index < -0.39 is 0 Å². The molecule has 0 bridgehead atoms. The Morgan fingerprint density at radius 2 is 1.77 bits per heavy atom. The van der Waals surface area contributed by atoms with Crippen molar-refractivity contribution in [1.29, 1.82) is 0 Å². The zero-order chi connectivity index (χ0) is 20.8. The molecular weight excluding hydrogens is 376 g/mol. The van der Waals surface area contributed by atoms with E-state index in [-0.39, 0.29) is 5.91 Å². The van der Waals surface area contributed by atoms with Crippen LogP contribution in [0.15, 0.2) is 60.9 Å². The molecule has 1 aromatic heterocycles. The van der Waals surface area contributed by atoms with Crippen molar-refractivity contribution >= 4 is 17.5 Å². The van der Waals surface area contributed by atoms with Crippen molar-refractivity contribution in [2.75, 3.05) is 29.9 Å². The van der Waals surface area contributed by atoms with Crippen molar-refractivity contribution in [1.82, 2.24) is 9.97 Å². The summed E-state index contributed by atoms with van der Waals surface area (Å²) < 4.78 is 5.59. The van der Waals surface area contributed by atoms with Gasteiger partial charge in [-0.25, -0.2) is 9.97 Å². The van der Waals surface area contributed by atoms with Crippen molar-refractivity contribution in [3.8, 4) is 16.9 Å². The van der Waals surface area contributed by atoms with Crippen LogP contribution in [-0.2, 0) is 0 Å². The molecule has 154 valence electrons. The van der Waals surface area contributed by atoms with Crippen LogP contribution in [0.5, 0.6) is 5.75 Å². The van der Waals surface area contributed by atoms with Gasteiger partial charge in [0, 0.05) is 36.6 Å². The Kier molecular flexibility index (Phi) is 6.23. The Labute approximate surface area is 176 Å². The molecule has 0 unspecified atom stereocenters. The molecular formula is C24H26N4O2. The molecule has 0 saturated carbocycles. The Hall–Kier alpha value is -3.41. The topological polar surface area (TPSA) is 67.3 Å². The number of anilines is 2. The van der Waals surface area contributed by atoms with E-state index in [1.54, 1.807) is 6.07 Å². The lowest BCUT2D eigenvalue weighted by Crippen LogP contribution is -2.30. The third-order valence-electron chi connectivity index (χ3n) is 5.17. The van der Waals surface area contributed by atoms with E-state index >= 15 is 0 Å². The fourth-order valence-corrected chi connectivity index (χ4v) is 3.61. The Morgan fingerprint density at radius 1 is 1.00 bits per heavy atom. The Bertz CT molecular complexity index is 998. The van der Waals surface area contributed by atoms with Crippen LogP contribution in [0.1, 0.15) is 36.5 Å². The van der Waals surface area contributed by atoms with Gasteiger partial charge in [-0.05, 0) is 56.0 Å². The zero-order valence-electron chi connectivity index (χ0n) is 17.2. The summed E-state index contributed by atoms with van der Waals surface area (Å²) in [4.78, 5) is 24.1. The van der Waals surface area contributed by atoms with Crippen molar-refractivity contribution in [3.05, 3.63) is 66.5 Å². The highest BCUT2D eigenvalue weighted by atomic mass is 16.5. The van der Waals surface area contributed by atoms with E-state index in [1.165, 1.54) is 19.3 Å². The largest absolute Gasteiger partial charge is 0.492 e. The van der Waals surface area contributed by atoms with Crippen LogP contribution >= 0.6 is 0 Å². The number of piperidine rings is 1. The minimum atomic E-state index is -0.185. The number of carbonyl (C=O) groups excluding carboxylic acids is 1. The van der Waals surface area contributed by atoms with Gasteiger partial charge in [-0.2, -0.15) is 0 Å². The lowest BCUT2D eigenvalue weighted by Gasteiger charge is -2.26. The quantitative estimate of drug-likeness (QED) is 0.642. The summed E-state index contributed by atoms with van der Waals surface area (Å²) in [6.45, 7) is 4.48. The maximum absolute atomic E-state index is 12.8. The number of nitrogens with one attached hydrogen (secondary N) is 1. The van der Waals surface area contributed by atoms with Gasteiger partial charge in [-0.1, -0.05) is 24.3 Å². The van der Waals surface area contributed by atoms with Gasteiger partial charge in [0.1, 0.15) is 5.75 Å². The number of benzene rings is 2. The number of para-hydroxylation sites is 2. The highest BCUT2D eigenvalue weighted by Gasteiger charge is 2.14. The molecule has 1 fully saturated rings. The minimum absolute atomic E-state index is 0.185. The Morgan fingerprint density at radius 3 is 2.53 bits per heavy atom. The molecule has 1 N–H and O–H groups in total. The molecule has 6 nitrogen and oxygen atoms in total. The third-order valence-corrected chi connectivity index (χ3v) is 5.17. The number of aromatic nitrogens is 2. The number of nitrogens with zero attached hydrogens (tertiary/aromatic N) is 3. The molecule has 3 aromatic rings. The van der Waals surface area contributed by atoms with E-state index in [1.807, 2.05) is 61.8 Å². The summed E-state index contributed by atoms with van der Waals surface area (Å²) in [5.41, 5.74) is 3.02. The SMILES string of the molecule is CCOc1ccccc1NC(=O)c1cccc(-c2cnc(N3CCCCC3)nc2)c1. The molecule has 4 rings (SSSR count). The maximum atomic E-state index is 12.8. The van der Waals surface area contributed by atoms with Gasteiger partial charge in [0.05, 0.1) is 12.3 Å². The number of rotatable bonds is 6. The fraction of sp³-hybridized carbons (Fsp3) is 0.292. The van der Waals surface area contributed by atoms with Crippen LogP contribution < -0.4 is 15.0 Å². The highest BCUT2D eigenvalue weighted by molar-refractivity contribution is 6.05. The molecule has 0 spiro atoms. The summed E-state index contributed by atoms with van der Waals surface area (Å²) in [6.07, 6.45) is 7.32. The van der Waals surface area contributed by atoms with Crippen molar-refractivity contribution in [2.24, 2.45) is 0 Å². The van der Waals surface area contributed by atoms with Gasteiger partial charge in [0.15, 0.2) is 0 Å². The van der Waals surface area contributed by atoms with E-state index in [0.29, 0.717) is 23.6 Å². The zero-order valence-corrected chi connectivity index (χ0v) is 17.2. The van der Waals surface area contributed by atoms with Gasteiger partial charge >= 0.3 is 0 Å². The molecule has 1 saturated heterocycles. The second kappa shape index (κ2) is 9.39. The average molecular weight is 402 g/mol. The van der Waals surface area contributed by atoms with Crippen LogP contribution in [0.4, 0.5) is 11.6 Å². The van der Waals surface area contributed by atoms with Crippen LogP contribution in [0.3, 0.4) is 0 Å². The lowest BCUT2D eigenvalue weighted by molar-refractivity contribution is 0.102. The van der Waals surface area contributed by atoms with Gasteiger partial charge in [-0.3, -0.25) is 4.79 Å². The van der Waals surface area contributed by atoms with Crippen LogP contribution in [0.25, 0.3) is 11.1 Å². The molecule has 2 heterocycles. The van der Waals surface area contributed by atoms with Crippen LogP contribution in [-0.4, -0.2) is 35.6 Å². The van der Waals surface area contributed by atoms with E-state index in [9.17, 15) is 4.79 Å². The summed E-state index contributed by atoms with van der Waals surface area (Å²) in [5.74, 6) is 1.25. The van der Waals surface area contributed by atoms with Gasteiger partial charge in [0.2, 0.25) is 5.95 Å². The average Bonchev–Trinajstić information content (AvgIpc) is 2.81. The first-order chi connectivity index (χ1) is 14.7. The molecule has 1 amide bonds. The molecule has 0 atom stereocenters. The highest BCUT2D eigenvalue weighted by Crippen LogP contribution is 2.26. The number of hydrogen-bond donors (Lipinski definition) is 1. The standard InChI is InChI=1S/C24H26N4O2/c1-2-30-22-12-5-4-11-21(22)27-23(29)19-10-8-9-18(15-19)20-16-25-24(26-17-20)28-13-6-3-7-14-28/h4-5,8-12,15-17H,2-3,6-7,13-14H2,1H3,(H,27,29). The lowest BCUT2D eigenvalue weighted by atomic mass is 10.1. The number of amides is 1. The number of hydrogen-bond acceptors (Lipinski definition) is 5. The first-order valence-electron chi connectivity index (χ1n) is 10.4. The van der Waals surface area contributed by atoms with Crippen molar-refractivity contribution in [3.63, 3.8) is 0 Å². The van der Waals surface area contributed by atoms with E-state index in [4.69, 9.17) is 4.74 Å². The van der Waals surface area contributed by atoms with Crippen LogP contribution in [0, 0.1) is 0 Å². The molecule has 0 radical (unpaired) electrons. The van der Waals surface area contributed by atoms with Gasteiger partial charge in [-0.15, -0.1) is 0 Å². The second-order valence-corrected chi connectivity index (χ2v) is 7.28. The van der Waals surface area contributed by atoms with Crippen molar-refractivity contribution < 1.29 is 9.53 Å². The van der Waals surface area contributed by atoms with Crippen LogP contribution in [0.2, 0.25) is 0 Å². The number of ether oxygens (including phenoxy) is 1. The van der Waals surface area contributed by atoms with Gasteiger partial charge < -0.3 is 15.0 Å². The van der Waals surface area contributed by atoms with E-state index in [2.05, 4.69) is 20.2 Å². The normalized spacial score (nSPS) is 13.7. The second-order valence-electron chi connectivity index (χ2n) is 7.28. The first kappa shape index (κ1) is 19.9. The van der Waals surface area contributed by atoms with Gasteiger partial charge in [0.25, 0.3) is 5.91 Å². The minimum Gasteiger partial charge on any atom is -0.492 e. The first-order valence-corrected chi connectivity index (χ1v) is 10.4. The smallest absolute Gasteiger partial charge is 0.255 e. The predicted octanol–water partition coefficient (Wildman–Crippen LogP) is 4.78. The fourth-order valence-electron chi connectivity index (χ4n) is 3.61. The molecule has 30 heavy (non-hydrogen) atoms. The predicted molar refractivity (Wildman–Crippen MR) is 119 cm³/mol. The summed E-state index contributed by atoms with van der Waals surface area (Å²) in [6, 6.07) is 14.9. The molecule has 1 aliphatic rings. The Balaban J connectivity index is 1.50. The molecule has 1 aliphatic heterocycles. The third kappa shape index (κ3) is 4.59. The monoisotopic (exact) mass is 402 g/mol. The summed E-state index contributed by atoms with van der Waals surface area (Å²) >= 11 is 0. The molecule has 6 heteroatoms. The molecule has 2 aromatic carbocycles. The summed E-state index contributed by atoms with van der Waals surface area (Å²) in [7, 11) is 0. The molecule has 0 aliphatic carbocycles. The number of carbonyl (C=O) groups is 1.